The van der Waals surface area contributed by atoms with Crippen LogP contribution in [0.2, 0.25) is 13.1 Å². The van der Waals surface area contributed by atoms with Gasteiger partial charge in [0.1, 0.15) is 5.76 Å². The van der Waals surface area contributed by atoms with E-state index in [1.807, 2.05) is 6.26 Å². The SMILES string of the molecule is CC1=C2c3occc3C1[Si]2(C)C.CCCCc1ccc(-c2cccc3c2C=C(C)[CH]3[Zr+2])cc1.[Cl-].[Cl-]. The first-order chi connectivity index (χ1) is 15.8. The van der Waals surface area contributed by atoms with Gasteiger partial charge in [-0.3, -0.25) is 0 Å². The minimum atomic E-state index is -1.08. The summed E-state index contributed by atoms with van der Waals surface area (Å²) in [4.78, 5) is 0. The molecule has 0 radical (unpaired) electrons. The van der Waals surface area contributed by atoms with Crippen molar-refractivity contribution in [2.45, 2.75) is 62.3 Å². The van der Waals surface area contributed by atoms with Crippen LogP contribution in [0, 0.1) is 0 Å². The summed E-state index contributed by atoms with van der Waals surface area (Å²) in [5.41, 5.74) is 12.5. The second kappa shape index (κ2) is 11.1. The van der Waals surface area contributed by atoms with Crippen molar-refractivity contribution in [3.63, 3.8) is 0 Å². The van der Waals surface area contributed by atoms with Crippen molar-refractivity contribution >= 4 is 19.3 Å². The largest absolute Gasteiger partial charge is 1.00 e. The number of halogens is 2. The molecule has 2 atom stereocenters. The van der Waals surface area contributed by atoms with Gasteiger partial charge in [-0.05, 0) is 18.2 Å². The Morgan fingerprint density at radius 3 is 2.29 bits per heavy atom. The average Bonchev–Trinajstić information content (AvgIpc) is 3.50. The number of hydrogen-bond donors (Lipinski definition) is 0. The second-order valence-electron chi connectivity index (χ2n) is 10.3. The van der Waals surface area contributed by atoms with E-state index in [1.165, 1.54) is 64.0 Å². The van der Waals surface area contributed by atoms with E-state index in [4.69, 9.17) is 4.42 Å². The molecule has 3 aromatic rings. The molecule has 2 unspecified atom stereocenters. The predicted molar refractivity (Wildman–Crippen MR) is 138 cm³/mol. The zero-order valence-electron chi connectivity index (χ0n) is 21.2. The number of rotatable bonds is 4. The monoisotopic (exact) mass is 597 g/mol. The molecule has 2 aliphatic carbocycles. The standard InChI is InChI=1S/C20H21.C10H12OSi.2ClH.Zr/c1-3-4-6-16-9-11-17(12-10-16)19-8-5-7-18-13-15(2)14-20(18)19;1-6-9-7-4-5-11-8(7)10(6)12(9,2)3;;;/h5,7-14H,3-4,6H2,1-2H3;4-5,9H,1-3H3;2*1H;/q;;;;+2/p-2. The van der Waals surface area contributed by atoms with Crippen molar-refractivity contribution in [3.05, 3.63) is 94.0 Å². The predicted octanol–water partition coefficient (Wildman–Crippen LogP) is 2.66. The third kappa shape index (κ3) is 4.79. The molecular weight excluding hydrogens is 567 g/mol. The van der Waals surface area contributed by atoms with Gasteiger partial charge in [0.2, 0.25) is 0 Å². The maximum atomic E-state index is 5.51. The Hall–Kier alpha value is -1.12. The number of furan rings is 1. The van der Waals surface area contributed by atoms with Gasteiger partial charge in [0.15, 0.2) is 0 Å². The molecule has 0 amide bonds. The summed E-state index contributed by atoms with van der Waals surface area (Å²) in [7, 11) is -1.08. The van der Waals surface area contributed by atoms with E-state index in [9.17, 15) is 0 Å². The maximum absolute atomic E-state index is 5.51. The van der Waals surface area contributed by atoms with Crippen molar-refractivity contribution < 1.29 is 54.0 Å². The molecular formula is C30H33Cl2OSiZr. The van der Waals surface area contributed by atoms with Crippen LogP contribution in [0.15, 0.2) is 70.4 Å². The van der Waals surface area contributed by atoms with Crippen LogP contribution < -0.4 is 24.8 Å². The van der Waals surface area contributed by atoms with E-state index in [0.717, 1.165) is 5.54 Å². The van der Waals surface area contributed by atoms with Crippen LogP contribution in [0.5, 0.6) is 0 Å². The normalized spacial score (nSPS) is 19.9. The molecule has 0 saturated carbocycles. The van der Waals surface area contributed by atoms with Crippen LogP contribution in [0.3, 0.4) is 0 Å². The summed E-state index contributed by atoms with van der Waals surface area (Å²) < 4.78 is 6.16. The smallest absolute Gasteiger partial charge is 1.00 e. The maximum Gasteiger partial charge on any atom is -1.00 e. The minimum absolute atomic E-state index is 0. The Bertz CT molecular complexity index is 1270. The van der Waals surface area contributed by atoms with E-state index in [-0.39, 0.29) is 24.8 Å². The van der Waals surface area contributed by atoms with Gasteiger partial charge in [-0.15, -0.1) is 0 Å². The number of allylic oxidation sites excluding steroid dienone is 2. The van der Waals surface area contributed by atoms with Crippen LogP contribution in [-0.4, -0.2) is 8.07 Å². The molecule has 1 aromatic heterocycles. The fraction of sp³-hybridized carbons (Fsp3) is 0.333. The molecule has 181 valence electrons. The number of fused-ring (bicyclic) bond motifs is 1. The van der Waals surface area contributed by atoms with E-state index >= 15 is 0 Å². The van der Waals surface area contributed by atoms with Crippen molar-refractivity contribution in [1.82, 2.24) is 0 Å². The summed E-state index contributed by atoms with van der Waals surface area (Å²) in [6.07, 6.45) is 7.95. The summed E-state index contributed by atoms with van der Waals surface area (Å²) in [5, 5.41) is 1.59. The Morgan fingerprint density at radius 1 is 0.943 bits per heavy atom. The van der Waals surface area contributed by atoms with Crippen molar-refractivity contribution in [1.29, 1.82) is 0 Å². The molecule has 1 nitrogen and oxygen atoms in total. The molecule has 5 heteroatoms. The minimum Gasteiger partial charge on any atom is -1.00 e. The summed E-state index contributed by atoms with van der Waals surface area (Å²) in [6, 6.07) is 18.1. The number of aryl methyl sites for hydroxylation is 1. The molecule has 3 heterocycles. The van der Waals surface area contributed by atoms with Crippen molar-refractivity contribution in [2.75, 3.05) is 0 Å². The Kier molecular flexibility index (Phi) is 9.02. The number of benzene rings is 2. The Balaban J connectivity index is 0.000000208. The quantitative estimate of drug-likeness (QED) is 0.421. The van der Waals surface area contributed by atoms with Crippen LogP contribution in [0.4, 0.5) is 0 Å². The first kappa shape index (κ1) is 28.5. The van der Waals surface area contributed by atoms with Crippen LogP contribution in [0.1, 0.15) is 70.8 Å². The van der Waals surface area contributed by atoms with Gasteiger partial charge in [-0.2, -0.15) is 0 Å². The molecule has 0 saturated heterocycles. The van der Waals surface area contributed by atoms with Crippen LogP contribution >= 0.6 is 0 Å². The van der Waals surface area contributed by atoms with Crippen molar-refractivity contribution in [3.8, 4) is 11.1 Å². The Morgan fingerprint density at radius 2 is 1.66 bits per heavy atom. The van der Waals surface area contributed by atoms with Gasteiger partial charge < -0.3 is 29.2 Å². The first-order valence-corrected chi connectivity index (χ1v) is 16.7. The van der Waals surface area contributed by atoms with E-state index < -0.39 is 8.07 Å². The van der Waals surface area contributed by atoms with Gasteiger partial charge in [-0.25, -0.2) is 0 Å². The molecule has 2 bridgehead atoms. The average molecular weight is 600 g/mol. The number of unbranched alkanes of at least 4 members (excludes halogenated alkanes) is 1. The third-order valence-corrected chi connectivity index (χ3v) is 13.8. The van der Waals surface area contributed by atoms with Crippen LogP contribution in [-0.2, 0) is 31.1 Å². The third-order valence-electron chi connectivity index (χ3n) is 7.79. The second-order valence-corrected chi connectivity index (χ2v) is 16.3. The fourth-order valence-corrected chi connectivity index (χ4v) is 11.2. The molecule has 0 spiro atoms. The molecule has 2 aromatic carbocycles. The Labute approximate surface area is 239 Å². The molecule has 4 aliphatic rings. The van der Waals surface area contributed by atoms with Gasteiger partial charge in [-0.1, -0.05) is 18.7 Å². The molecule has 0 fully saturated rings. The summed E-state index contributed by atoms with van der Waals surface area (Å²) in [6.45, 7) is 11.6. The molecule has 35 heavy (non-hydrogen) atoms. The molecule has 7 rings (SSSR count). The van der Waals surface area contributed by atoms with Crippen LogP contribution in [0.25, 0.3) is 22.4 Å². The van der Waals surface area contributed by atoms with E-state index in [1.54, 1.807) is 35.5 Å². The van der Waals surface area contributed by atoms with E-state index in [0.29, 0.717) is 3.63 Å². The molecule has 0 N–H and O–H groups in total. The van der Waals surface area contributed by atoms with Crippen molar-refractivity contribution in [2.24, 2.45) is 0 Å². The van der Waals surface area contributed by atoms with Gasteiger partial charge in [0.25, 0.3) is 0 Å². The van der Waals surface area contributed by atoms with Gasteiger partial charge in [0, 0.05) is 11.1 Å². The van der Waals surface area contributed by atoms with E-state index in [2.05, 4.69) is 88.5 Å². The zero-order valence-corrected chi connectivity index (χ0v) is 26.2. The topological polar surface area (TPSA) is 13.1 Å². The molecule has 2 aliphatic heterocycles. The first-order valence-electron chi connectivity index (χ1n) is 12.2. The zero-order chi connectivity index (χ0) is 23.3. The van der Waals surface area contributed by atoms with Gasteiger partial charge in [0.05, 0.1) is 14.3 Å². The summed E-state index contributed by atoms with van der Waals surface area (Å²) in [5.74, 6) is 1.22. The van der Waals surface area contributed by atoms with Gasteiger partial charge >= 0.3 is 143 Å². The summed E-state index contributed by atoms with van der Waals surface area (Å²) >= 11 is 1.59. The number of hydrogen-bond acceptors (Lipinski definition) is 1. The fourth-order valence-electron chi connectivity index (χ4n) is 6.14.